The number of likely N-dealkylation sites (N-methyl/N-ethyl adjacent to an activating group) is 2. The predicted molar refractivity (Wildman–Crippen MR) is 125 cm³/mol. The van der Waals surface area contributed by atoms with Crippen LogP contribution < -0.4 is 0 Å². The second-order valence-electron chi connectivity index (χ2n) is 8.82. The highest BCUT2D eigenvalue weighted by molar-refractivity contribution is 5.75. The summed E-state index contributed by atoms with van der Waals surface area (Å²) in [5, 5.41) is 0. The molecule has 0 rings (SSSR count). The zero-order valence-corrected chi connectivity index (χ0v) is 20.2. The Balaban J connectivity index is 3.56. The molecule has 0 aromatic carbocycles. The van der Waals surface area contributed by atoms with Gasteiger partial charge in [0.05, 0.1) is 32.7 Å². The number of carbonyl (C=O) groups is 1. The van der Waals surface area contributed by atoms with E-state index in [-0.39, 0.29) is 0 Å². The molecule has 1 amide bonds. The summed E-state index contributed by atoms with van der Waals surface area (Å²) in [5.41, 5.74) is 0. The molecule has 0 aliphatic rings. The average molecular weight is 398 g/mol. The summed E-state index contributed by atoms with van der Waals surface area (Å²) in [6.07, 6.45) is 18.4. The third kappa shape index (κ3) is 13.6. The topological polar surface area (TPSA) is 20.3 Å². The molecule has 168 valence electrons. The van der Waals surface area contributed by atoms with Crippen molar-refractivity contribution in [3.8, 4) is 0 Å². The number of carbonyl (C=O) groups excluding carboxylic acids is 1. The Bertz CT molecular complexity index is 344. The van der Waals surface area contributed by atoms with Crippen LogP contribution in [-0.2, 0) is 4.79 Å². The normalized spacial score (nSPS) is 11.8. The molecule has 0 aliphatic carbocycles. The van der Waals surface area contributed by atoms with Crippen LogP contribution >= 0.6 is 0 Å². The van der Waals surface area contributed by atoms with Crippen LogP contribution in [0.2, 0.25) is 0 Å². The van der Waals surface area contributed by atoms with Gasteiger partial charge in [0.1, 0.15) is 0 Å². The molecule has 0 spiro atoms. The van der Waals surface area contributed by atoms with Gasteiger partial charge in [-0.1, -0.05) is 84.0 Å². The summed E-state index contributed by atoms with van der Waals surface area (Å²) in [5.74, 6) is 0.337. The molecule has 0 aromatic rings. The summed E-state index contributed by atoms with van der Waals surface area (Å²) in [4.78, 5) is 14.3. The lowest BCUT2D eigenvalue weighted by Gasteiger charge is -2.37. The van der Waals surface area contributed by atoms with Crippen LogP contribution in [0, 0.1) is 0 Å². The van der Waals surface area contributed by atoms with Gasteiger partial charge in [-0.15, -0.1) is 0 Å². The number of hydrogen-bond acceptors (Lipinski definition) is 1. The van der Waals surface area contributed by atoms with Gasteiger partial charge in [0.25, 0.3) is 0 Å². The summed E-state index contributed by atoms with van der Waals surface area (Å²) in [6.45, 7) is 14.5. The SMILES string of the molecule is CCCCCCCCCCCCCCCC(=O)N(C)CC[N+](CC)(CC)CC. The van der Waals surface area contributed by atoms with Crippen molar-refractivity contribution in [3.63, 3.8) is 0 Å². The molecule has 0 saturated heterocycles. The summed E-state index contributed by atoms with van der Waals surface area (Å²) in [6, 6.07) is 0. The van der Waals surface area contributed by atoms with Gasteiger partial charge < -0.3 is 9.38 Å². The smallest absolute Gasteiger partial charge is 0.222 e. The number of hydrogen-bond donors (Lipinski definition) is 0. The van der Waals surface area contributed by atoms with Crippen LogP contribution in [0.25, 0.3) is 0 Å². The molecule has 0 unspecified atom stereocenters. The van der Waals surface area contributed by atoms with Gasteiger partial charge in [0, 0.05) is 13.5 Å². The Morgan fingerprint density at radius 2 is 1.04 bits per heavy atom. The van der Waals surface area contributed by atoms with E-state index in [1.54, 1.807) is 0 Å². The van der Waals surface area contributed by atoms with Crippen LogP contribution in [0.5, 0.6) is 0 Å². The molecule has 0 atom stereocenters. The molecule has 28 heavy (non-hydrogen) atoms. The molecule has 3 heteroatoms. The monoisotopic (exact) mass is 397 g/mol. The second kappa shape index (κ2) is 18.5. The first-order valence-corrected chi connectivity index (χ1v) is 12.6. The first kappa shape index (κ1) is 27.4. The Labute approximate surface area is 177 Å². The number of quaternary nitrogens is 1. The van der Waals surface area contributed by atoms with E-state index in [0.29, 0.717) is 5.91 Å². The van der Waals surface area contributed by atoms with E-state index in [1.807, 2.05) is 11.9 Å². The van der Waals surface area contributed by atoms with Crippen molar-refractivity contribution in [2.45, 2.75) is 118 Å². The van der Waals surface area contributed by atoms with E-state index in [2.05, 4.69) is 27.7 Å². The zero-order valence-electron chi connectivity index (χ0n) is 20.2. The van der Waals surface area contributed by atoms with Gasteiger partial charge in [-0.25, -0.2) is 0 Å². The van der Waals surface area contributed by atoms with Crippen molar-refractivity contribution in [1.29, 1.82) is 0 Å². The number of amides is 1. The minimum absolute atomic E-state index is 0.337. The van der Waals surface area contributed by atoms with Crippen LogP contribution in [-0.4, -0.2) is 55.1 Å². The van der Waals surface area contributed by atoms with Gasteiger partial charge >= 0.3 is 0 Å². The lowest BCUT2D eigenvalue weighted by Crippen LogP contribution is -2.51. The fourth-order valence-electron chi connectivity index (χ4n) is 4.12. The minimum Gasteiger partial charge on any atom is -0.340 e. The average Bonchev–Trinajstić information content (AvgIpc) is 2.72. The third-order valence-electron chi connectivity index (χ3n) is 6.84. The first-order valence-electron chi connectivity index (χ1n) is 12.6. The van der Waals surface area contributed by atoms with Gasteiger partial charge in [-0.2, -0.15) is 0 Å². The van der Waals surface area contributed by atoms with E-state index < -0.39 is 0 Å². The van der Waals surface area contributed by atoms with Gasteiger partial charge in [-0.3, -0.25) is 4.79 Å². The van der Waals surface area contributed by atoms with Crippen LogP contribution in [0.3, 0.4) is 0 Å². The maximum atomic E-state index is 12.3. The molecule has 0 saturated carbocycles. The van der Waals surface area contributed by atoms with Crippen molar-refractivity contribution in [2.75, 3.05) is 39.8 Å². The van der Waals surface area contributed by atoms with Crippen LogP contribution in [0.4, 0.5) is 0 Å². The molecular formula is C25H53N2O+. The predicted octanol–water partition coefficient (Wildman–Crippen LogP) is 6.80. The molecule has 0 fully saturated rings. The first-order chi connectivity index (χ1) is 13.5. The fourth-order valence-corrected chi connectivity index (χ4v) is 4.12. The van der Waals surface area contributed by atoms with Crippen molar-refractivity contribution < 1.29 is 9.28 Å². The van der Waals surface area contributed by atoms with Crippen molar-refractivity contribution in [3.05, 3.63) is 0 Å². The zero-order chi connectivity index (χ0) is 21.1. The van der Waals surface area contributed by atoms with E-state index in [1.165, 1.54) is 77.0 Å². The molecule has 0 aliphatic heterocycles. The molecule has 0 heterocycles. The molecule has 0 bridgehead atoms. The van der Waals surface area contributed by atoms with Gasteiger partial charge in [0.2, 0.25) is 5.91 Å². The van der Waals surface area contributed by atoms with E-state index in [0.717, 1.165) is 50.0 Å². The van der Waals surface area contributed by atoms with Crippen LogP contribution in [0.1, 0.15) is 118 Å². The Morgan fingerprint density at radius 1 is 0.643 bits per heavy atom. The van der Waals surface area contributed by atoms with Gasteiger partial charge in [-0.05, 0) is 27.2 Å². The highest BCUT2D eigenvalue weighted by Gasteiger charge is 2.22. The van der Waals surface area contributed by atoms with E-state index in [9.17, 15) is 4.79 Å². The molecular weight excluding hydrogens is 344 g/mol. The fraction of sp³-hybridized carbons (Fsp3) is 0.960. The molecule has 3 nitrogen and oxygen atoms in total. The Kier molecular flexibility index (Phi) is 18.1. The quantitative estimate of drug-likeness (QED) is 0.163. The molecule has 0 radical (unpaired) electrons. The lowest BCUT2D eigenvalue weighted by atomic mass is 10.0. The van der Waals surface area contributed by atoms with Crippen molar-refractivity contribution in [2.24, 2.45) is 0 Å². The maximum Gasteiger partial charge on any atom is 0.222 e. The molecule has 0 aromatic heterocycles. The number of rotatable bonds is 20. The standard InChI is InChI=1S/C25H53N2O/c1-6-10-11-12-13-14-15-16-17-18-19-20-21-22-25(28)26(5)23-24-27(7-2,8-3)9-4/h6-24H2,1-5H3/q+1. The second-order valence-corrected chi connectivity index (χ2v) is 8.82. The molecule has 0 N–H and O–H groups in total. The maximum absolute atomic E-state index is 12.3. The van der Waals surface area contributed by atoms with E-state index in [4.69, 9.17) is 0 Å². The summed E-state index contributed by atoms with van der Waals surface area (Å²) in [7, 11) is 1.99. The Hall–Kier alpha value is -0.570. The lowest BCUT2D eigenvalue weighted by molar-refractivity contribution is -0.922. The number of nitrogens with zero attached hydrogens (tertiary/aromatic N) is 2. The largest absolute Gasteiger partial charge is 0.340 e. The van der Waals surface area contributed by atoms with Crippen LogP contribution in [0.15, 0.2) is 0 Å². The van der Waals surface area contributed by atoms with E-state index >= 15 is 0 Å². The third-order valence-corrected chi connectivity index (χ3v) is 6.84. The highest BCUT2D eigenvalue weighted by Crippen LogP contribution is 2.13. The highest BCUT2D eigenvalue weighted by atomic mass is 16.2. The Morgan fingerprint density at radius 3 is 1.43 bits per heavy atom. The van der Waals surface area contributed by atoms with Crippen molar-refractivity contribution in [1.82, 2.24) is 4.90 Å². The summed E-state index contributed by atoms with van der Waals surface area (Å²) < 4.78 is 1.12. The number of unbranched alkanes of at least 4 members (excludes halogenated alkanes) is 12. The van der Waals surface area contributed by atoms with Gasteiger partial charge in [0.15, 0.2) is 0 Å². The summed E-state index contributed by atoms with van der Waals surface area (Å²) >= 11 is 0. The van der Waals surface area contributed by atoms with Crippen molar-refractivity contribution >= 4 is 5.91 Å². The minimum atomic E-state index is 0.337.